The van der Waals surface area contributed by atoms with Crippen molar-refractivity contribution in [1.29, 1.82) is 0 Å². The molecular weight excluding hydrogens is 322 g/mol. The summed E-state index contributed by atoms with van der Waals surface area (Å²) >= 11 is 0. The summed E-state index contributed by atoms with van der Waals surface area (Å²) in [4.78, 5) is 18.5. The highest BCUT2D eigenvalue weighted by Crippen LogP contribution is 2.43. The Hall–Kier alpha value is -2.57. The largest absolute Gasteiger partial charge is 0.507 e. The minimum Gasteiger partial charge on any atom is -0.507 e. The first-order valence-corrected chi connectivity index (χ1v) is 8.26. The molecule has 7 nitrogen and oxygen atoms in total. The number of rotatable bonds is 3. The van der Waals surface area contributed by atoms with E-state index in [-0.39, 0.29) is 12.5 Å². The van der Waals surface area contributed by atoms with Crippen LogP contribution in [0.3, 0.4) is 0 Å². The Kier molecular flexibility index (Phi) is 4.18. The van der Waals surface area contributed by atoms with Crippen LogP contribution in [0.25, 0.3) is 0 Å². The molecular formula is C18H23N3O4. The summed E-state index contributed by atoms with van der Waals surface area (Å²) in [7, 11) is 1.70. The van der Waals surface area contributed by atoms with Gasteiger partial charge in [-0.2, -0.15) is 4.98 Å². The number of ether oxygens (including phenoxy) is 1. The molecule has 0 spiro atoms. The molecule has 7 heteroatoms. The topological polar surface area (TPSA) is 88.7 Å². The summed E-state index contributed by atoms with van der Waals surface area (Å²) in [5, 5.41) is 14.0. The van der Waals surface area contributed by atoms with E-state index in [9.17, 15) is 9.90 Å². The average Bonchev–Trinajstić information content (AvgIpc) is 3.10. The molecule has 3 rings (SSSR count). The molecule has 1 atom stereocenters. The van der Waals surface area contributed by atoms with Gasteiger partial charge in [-0.25, -0.2) is 0 Å². The number of likely N-dealkylation sites (N-methyl/N-ethyl adjacent to an activating group) is 1. The van der Waals surface area contributed by atoms with Crippen molar-refractivity contribution in [2.75, 3.05) is 7.05 Å². The van der Waals surface area contributed by atoms with Crippen molar-refractivity contribution in [3.8, 4) is 11.5 Å². The lowest BCUT2D eigenvalue weighted by Gasteiger charge is -2.38. The van der Waals surface area contributed by atoms with E-state index in [0.717, 1.165) is 22.3 Å². The normalized spacial score (nSPS) is 19.2. The number of carbonyl (C=O) groups excluding carboxylic acids is 1. The van der Waals surface area contributed by atoms with Gasteiger partial charge in [0.15, 0.2) is 11.4 Å². The van der Waals surface area contributed by atoms with E-state index in [1.165, 1.54) is 6.39 Å². The molecule has 1 amide bonds. The van der Waals surface area contributed by atoms with Gasteiger partial charge in [-0.3, -0.25) is 4.79 Å². The van der Waals surface area contributed by atoms with E-state index in [2.05, 4.69) is 10.1 Å². The standard InChI is InChI=1S/C18H23N3O4/c1-10-11(2)16-13(12(3)15(10)22)6-7-18(4,25-16)17(23)21(5)8-14-19-9-24-20-14/h9,22H,6-8H2,1-5H3. The Balaban J connectivity index is 1.89. The first-order chi connectivity index (χ1) is 11.7. The van der Waals surface area contributed by atoms with Crippen molar-refractivity contribution in [1.82, 2.24) is 15.0 Å². The monoisotopic (exact) mass is 345 g/mol. The molecule has 1 N–H and O–H groups in total. The third-order valence-electron chi connectivity index (χ3n) is 5.10. The number of phenols is 1. The van der Waals surface area contributed by atoms with Crippen molar-refractivity contribution in [3.05, 3.63) is 34.5 Å². The molecule has 2 heterocycles. The van der Waals surface area contributed by atoms with Gasteiger partial charge in [0.05, 0.1) is 6.54 Å². The van der Waals surface area contributed by atoms with Crippen LogP contribution in [-0.4, -0.2) is 38.7 Å². The zero-order valence-corrected chi connectivity index (χ0v) is 15.2. The molecule has 1 unspecified atom stereocenters. The zero-order chi connectivity index (χ0) is 18.4. The number of aromatic nitrogens is 2. The summed E-state index contributed by atoms with van der Waals surface area (Å²) in [5.41, 5.74) is 2.50. The van der Waals surface area contributed by atoms with Gasteiger partial charge in [-0.1, -0.05) is 5.16 Å². The maximum absolute atomic E-state index is 13.0. The number of carbonyl (C=O) groups is 1. The number of phenolic OH excluding ortho intramolecular Hbond substituents is 1. The Morgan fingerprint density at radius 3 is 2.68 bits per heavy atom. The summed E-state index contributed by atoms with van der Waals surface area (Å²) in [6.45, 7) is 7.72. The molecule has 1 aromatic carbocycles. The van der Waals surface area contributed by atoms with Crippen molar-refractivity contribution >= 4 is 5.91 Å². The molecule has 2 aromatic rings. The molecule has 0 saturated heterocycles. The molecule has 0 fully saturated rings. The van der Waals surface area contributed by atoms with E-state index in [0.29, 0.717) is 30.2 Å². The molecule has 1 aromatic heterocycles. The van der Waals surface area contributed by atoms with Gasteiger partial charge in [0.2, 0.25) is 6.39 Å². The fourth-order valence-corrected chi connectivity index (χ4v) is 3.35. The number of aromatic hydroxyl groups is 1. The second kappa shape index (κ2) is 6.06. The van der Waals surface area contributed by atoms with Crippen LogP contribution in [-0.2, 0) is 17.8 Å². The number of hydrogen-bond acceptors (Lipinski definition) is 6. The van der Waals surface area contributed by atoms with Crippen LogP contribution in [0, 0.1) is 20.8 Å². The SMILES string of the molecule is Cc1c(C)c2c(c(C)c1O)CCC(C)(C(=O)N(C)Cc1ncon1)O2. The molecule has 0 radical (unpaired) electrons. The Labute approximate surface area is 146 Å². The maximum atomic E-state index is 13.0. The van der Waals surface area contributed by atoms with Gasteiger partial charge in [0, 0.05) is 19.0 Å². The maximum Gasteiger partial charge on any atom is 0.266 e. The van der Waals surface area contributed by atoms with Gasteiger partial charge in [-0.05, 0) is 50.8 Å². The average molecular weight is 345 g/mol. The number of benzene rings is 1. The highest BCUT2D eigenvalue weighted by Gasteiger charge is 2.42. The fraction of sp³-hybridized carbons (Fsp3) is 0.500. The number of fused-ring (bicyclic) bond motifs is 1. The first-order valence-electron chi connectivity index (χ1n) is 8.26. The predicted molar refractivity (Wildman–Crippen MR) is 90.4 cm³/mol. The van der Waals surface area contributed by atoms with Crippen LogP contribution in [0.5, 0.6) is 11.5 Å². The molecule has 1 aliphatic heterocycles. The molecule has 0 saturated carbocycles. The summed E-state index contributed by atoms with van der Waals surface area (Å²) in [6.07, 6.45) is 2.45. The van der Waals surface area contributed by atoms with Crippen molar-refractivity contribution < 1.29 is 19.2 Å². The molecule has 0 bridgehead atoms. The number of nitrogens with zero attached hydrogens (tertiary/aromatic N) is 3. The minimum absolute atomic E-state index is 0.134. The summed E-state index contributed by atoms with van der Waals surface area (Å²) in [5.74, 6) is 1.33. The van der Waals surface area contributed by atoms with Crippen molar-refractivity contribution in [3.63, 3.8) is 0 Å². The van der Waals surface area contributed by atoms with Crippen LogP contribution in [0.4, 0.5) is 0 Å². The lowest BCUT2D eigenvalue weighted by molar-refractivity contribution is -0.147. The Morgan fingerprint density at radius 2 is 2.04 bits per heavy atom. The van der Waals surface area contributed by atoms with Crippen LogP contribution in [0.2, 0.25) is 0 Å². The second-order valence-electron chi connectivity index (χ2n) is 6.87. The predicted octanol–water partition coefficient (Wildman–Crippen LogP) is 2.44. The molecule has 134 valence electrons. The lowest BCUT2D eigenvalue weighted by atomic mass is 9.86. The highest BCUT2D eigenvalue weighted by molar-refractivity contribution is 5.85. The Morgan fingerprint density at radius 1 is 1.32 bits per heavy atom. The summed E-state index contributed by atoms with van der Waals surface area (Å²) in [6, 6.07) is 0. The van der Waals surface area contributed by atoms with Crippen LogP contribution in [0.1, 0.15) is 41.4 Å². The van der Waals surface area contributed by atoms with E-state index in [1.54, 1.807) is 11.9 Å². The Bertz CT molecular complexity index is 816. The van der Waals surface area contributed by atoms with Gasteiger partial charge in [0.1, 0.15) is 11.5 Å². The number of amides is 1. The molecule has 0 aliphatic carbocycles. The highest BCUT2D eigenvalue weighted by atomic mass is 16.5. The van der Waals surface area contributed by atoms with E-state index < -0.39 is 5.60 Å². The van der Waals surface area contributed by atoms with E-state index >= 15 is 0 Å². The second-order valence-corrected chi connectivity index (χ2v) is 6.87. The van der Waals surface area contributed by atoms with E-state index in [4.69, 9.17) is 9.26 Å². The smallest absolute Gasteiger partial charge is 0.266 e. The van der Waals surface area contributed by atoms with Crippen molar-refractivity contribution in [2.24, 2.45) is 0 Å². The first kappa shape index (κ1) is 17.3. The van der Waals surface area contributed by atoms with Crippen molar-refractivity contribution in [2.45, 2.75) is 52.7 Å². The van der Waals surface area contributed by atoms with Crippen LogP contribution < -0.4 is 4.74 Å². The third-order valence-corrected chi connectivity index (χ3v) is 5.10. The quantitative estimate of drug-likeness (QED) is 0.919. The van der Waals surface area contributed by atoms with Gasteiger partial charge in [-0.15, -0.1) is 0 Å². The van der Waals surface area contributed by atoms with Gasteiger partial charge in [0.25, 0.3) is 5.91 Å². The van der Waals surface area contributed by atoms with Gasteiger partial charge < -0.3 is 19.3 Å². The molecule has 1 aliphatic rings. The zero-order valence-electron chi connectivity index (χ0n) is 15.2. The summed E-state index contributed by atoms with van der Waals surface area (Å²) < 4.78 is 10.9. The van der Waals surface area contributed by atoms with E-state index in [1.807, 2.05) is 27.7 Å². The lowest BCUT2D eigenvalue weighted by Crippen LogP contribution is -2.51. The molecule has 25 heavy (non-hydrogen) atoms. The van der Waals surface area contributed by atoms with Gasteiger partial charge >= 0.3 is 0 Å². The fourth-order valence-electron chi connectivity index (χ4n) is 3.35. The van der Waals surface area contributed by atoms with Crippen LogP contribution in [0.15, 0.2) is 10.9 Å². The minimum atomic E-state index is -0.966. The third kappa shape index (κ3) is 2.83. The number of hydrogen-bond donors (Lipinski definition) is 1. The van der Waals surface area contributed by atoms with Crippen LogP contribution >= 0.6 is 0 Å².